The highest BCUT2D eigenvalue weighted by Crippen LogP contribution is 2.22. The van der Waals surface area contributed by atoms with Gasteiger partial charge in [0.25, 0.3) is 0 Å². The highest BCUT2D eigenvalue weighted by Gasteiger charge is 2.22. The topological polar surface area (TPSA) is 29.5 Å². The number of halogens is 2. The van der Waals surface area contributed by atoms with Gasteiger partial charge in [0.2, 0.25) is 0 Å². The Hall–Kier alpha value is -1.43. The van der Waals surface area contributed by atoms with Crippen molar-refractivity contribution in [2.45, 2.75) is 6.92 Å². The van der Waals surface area contributed by atoms with Gasteiger partial charge in [0.05, 0.1) is 12.1 Å². The van der Waals surface area contributed by atoms with Crippen LogP contribution in [0, 0.1) is 6.92 Å². The molecule has 0 saturated heterocycles. The summed E-state index contributed by atoms with van der Waals surface area (Å²) in [5.41, 5.74) is 0.951. The summed E-state index contributed by atoms with van der Waals surface area (Å²) in [7, 11) is 0.544. The van der Waals surface area contributed by atoms with Gasteiger partial charge < -0.3 is 9.55 Å². The van der Waals surface area contributed by atoms with Crippen molar-refractivity contribution >= 4 is 13.3 Å². The van der Waals surface area contributed by atoms with Gasteiger partial charge in [0.15, 0.2) is 5.78 Å². The van der Waals surface area contributed by atoms with E-state index in [1.807, 2.05) is 0 Å². The summed E-state index contributed by atoms with van der Waals surface area (Å²) >= 11 is 0. The molecule has 92 valence electrons. The van der Waals surface area contributed by atoms with Crippen molar-refractivity contribution in [3.63, 3.8) is 0 Å². The number of carbonyl (C=O) groups is 1. The second kappa shape index (κ2) is 5.77. The van der Waals surface area contributed by atoms with Gasteiger partial charge in [-0.25, -0.2) is 8.63 Å². The Morgan fingerprint density at radius 3 is 2.59 bits per heavy atom. The van der Waals surface area contributed by atoms with Gasteiger partial charge in [0.1, 0.15) is 5.75 Å². The van der Waals surface area contributed by atoms with Crippen LogP contribution >= 0.6 is 0 Å². The number of likely N-dealkylation sites (N-methyl/N-ethyl adjacent to an activating group) is 1. The van der Waals surface area contributed by atoms with Gasteiger partial charge in [0, 0.05) is 0 Å². The van der Waals surface area contributed by atoms with E-state index in [0.29, 0.717) is 0 Å². The number of rotatable bonds is 5. The Bertz CT molecular complexity index is 410. The normalized spacial score (nSPS) is 10.5. The molecule has 0 heterocycles. The number of nitrogens with zero attached hydrogens (tertiary/aromatic N) is 1. The molecule has 1 aromatic rings. The Morgan fingerprint density at radius 1 is 1.41 bits per heavy atom. The van der Waals surface area contributed by atoms with Crippen LogP contribution < -0.4 is 4.65 Å². The van der Waals surface area contributed by atoms with Crippen molar-refractivity contribution in [2.75, 3.05) is 20.6 Å². The molecule has 0 amide bonds. The lowest BCUT2D eigenvalue weighted by atomic mass is 10.1. The van der Waals surface area contributed by atoms with Crippen molar-refractivity contribution in [2.24, 2.45) is 0 Å². The Balaban J connectivity index is 3.01. The molecule has 3 nitrogen and oxygen atoms in total. The molecule has 0 spiro atoms. The molecular formula is C11H14BF2NO2. The monoisotopic (exact) mass is 241 g/mol. The largest absolute Gasteiger partial charge is 0.796 e. The maximum absolute atomic E-state index is 12.2. The van der Waals surface area contributed by atoms with Crippen LogP contribution in [0.25, 0.3) is 0 Å². The molecule has 0 fully saturated rings. The molecule has 0 aliphatic carbocycles. The lowest BCUT2D eigenvalue weighted by Gasteiger charge is -2.12. The van der Waals surface area contributed by atoms with Crippen LogP contribution in [-0.2, 0) is 0 Å². The lowest BCUT2D eigenvalue weighted by molar-refractivity contribution is 0.0956. The SMILES string of the molecule is Cc1ccc(C(=O)CN(C)C)c(OB(F)F)c1. The molecule has 0 bridgehead atoms. The number of carbonyl (C=O) groups excluding carboxylic acids is 1. The standard InChI is InChI=1S/C11H14BF2NO2/c1-8-4-5-9(10(16)7-15(2)3)11(6-8)17-12(13)14/h4-6H,7H2,1-3H3. The third-order valence-electron chi connectivity index (χ3n) is 2.11. The molecule has 1 aromatic carbocycles. The van der Waals surface area contributed by atoms with E-state index < -0.39 is 7.47 Å². The summed E-state index contributed by atoms with van der Waals surface area (Å²) in [6.45, 7) is 1.90. The number of aryl methyl sites for hydroxylation is 1. The molecule has 0 aliphatic heterocycles. The summed E-state index contributed by atoms with van der Waals surface area (Å²) in [6, 6.07) is 4.65. The summed E-state index contributed by atoms with van der Waals surface area (Å²) in [6.07, 6.45) is 0. The molecule has 1 rings (SSSR count). The zero-order chi connectivity index (χ0) is 13.0. The molecule has 0 unspecified atom stereocenters. The Morgan fingerprint density at radius 2 is 2.06 bits per heavy atom. The summed E-state index contributed by atoms with van der Waals surface area (Å²) in [5.74, 6) is -0.308. The van der Waals surface area contributed by atoms with Crippen LogP contribution in [0.3, 0.4) is 0 Å². The first-order valence-corrected chi connectivity index (χ1v) is 5.13. The van der Waals surface area contributed by atoms with E-state index in [1.54, 1.807) is 32.0 Å². The molecule has 6 heteroatoms. The minimum atomic E-state index is -2.93. The van der Waals surface area contributed by atoms with Crippen LogP contribution in [0.2, 0.25) is 0 Å². The van der Waals surface area contributed by atoms with E-state index in [1.165, 1.54) is 12.1 Å². The molecule has 0 saturated carbocycles. The number of hydrogen-bond donors (Lipinski definition) is 0. The molecule has 0 N–H and O–H groups in total. The fourth-order valence-corrected chi connectivity index (χ4v) is 1.43. The van der Waals surface area contributed by atoms with E-state index in [-0.39, 0.29) is 23.6 Å². The van der Waals surface area contributed by atoms with Crippen molar-refractivity contribution in [1.29, 1.82) is 0 Å². The summed E-state index contributed by atoms with van der Waals surface area (Å²) in [4.78, 5) is 13.5. The quantitative estimate of drug-likeness (QED) is 0.583. The number of Topliss-reactive ketones (excluding diaryl/α,β-unsaturated/α-hetero) is 1. The predicted octanol–water partition coefficient (Wildman–Crippen LogP) is 2.04. The second-order valence-corrected chi connectivity index (χ2v) is 4.04. The van der Waals surface area contributed by atoms with E-state index in [0.717, 1.165) is 5.56 Å². The van der Waals surface area contributed by atoms with Crippen LogP contribution in [0.4, 0.5) is 8.63 Å². The average molecular weight is 241 g/mol. The zero-order valence-electron chi connectivity index (χ0n) is 10.0. The predicted molar refractivity (Wildman–Crippen MR) is 62.7 cm³/mol. The number of benzene rings is 1. The Kier molecular flexibility index (Phi) is 4.63. The second-order valence-electron chi connectivity index (χ2n) is 4.04. The van der Waals surface area contributed by atoms with Crippen molar-refractivity contribution in [3.05, 3.63) is 29.3 Å². The molecular weight excluding hydrogens is 227 g/mol. The molecule has 0 aliphatic rings. The first-order valence-electron chi connectivity index (χ1n) is 5.13. The maximum Gasteiger partial charge on any atom is 0.796 e. The minimum absolute atomic E-state index is 0.0631. The zero-order valence-corrected chi connectivity index (χ0v) is 10.0. The van der Waals surface area contributed by atoms with Gasteiger partial charge in [-0.1, -0.05) is 6.07 Å². The molecule has 17 heavy (non-hydrogen) atoms. The fraction of sp³-hybridized carbons (Fsp3) is 0.364. The Labute approximate surface area is 99.6 Å². The van der Waals surface area contributed by atoms with E-state index >= 15 is 0 Å². The maximum atomic E-state index is 12.2. The highest BCUT2D eigenvalue weighted by atomic mass is 19.2. The van der Waals surface area contributed by atoms with Gasteiger partial charge in [-0.05, 0) is 38.7 Å². The van der Waals surface area contributed by atoms with Crippen molar-refractivity contribution < 1.29 is 18.1 Å². The lowest BCUT2D eigenvalue weighted by Crippen LogP contribution is -2.23. The van der Waals surface area contributed by atoms with Crippen LogP contribution in [-0.4, -0.2) is 38.8 Å². The molecule has 0 radical (unpaired) electrons. The van der Waals surface area contributed by atoms with Crippen molar-refractivity contribution in [3.8, 4) is 5.75 Å². The van der Waals surface area contributed by atoms with E-state index in [4.69, 9.17) is 0 Å². The van der Waals surface area contributed by atoms with E-state index in [2.05, 4.69) is 4.65 Å². The van der Waals surface area contributed by atoms with Crippen LogP contribution in [0.15, 0.2) is 18.2 Å². The fourth-order valence-electron chi connectivity index (χ4n) is 1.43. The number of ketones is 1. The number of hydrogen-bond acceptors (Lipinski definition) is 3. The van der Waals surface area contributed by atoms with Crippen LogP contribution in [0.1, 0.15) is 15.9 Å². The van der Waals surface area contributed by atoms with Gasteiger partial charge in [-0.15, -0.1) is 0 Å². The minimum Gasteiger partial charge on any atom is -0.505 e. The van der Waals surface area contributed by atoms with Gasteiger partial charge in [-0.3, -0.25) is 4.79 Å². The van der Waals surface area contributed by atoms with Gasteiger partial charge >= 0.3 is 7.47 Å². The average Bonchev–Trinajstić information content (AvgIpc) is 2.15. The summed E-state index contributed by atoms with van der Waals surface area (Å²) < 4.78 is 28.8. The smallest absolute Gasteiger partial charge is 0.505 e. The van der Waals surface area contributed by atoms with Crippen molar-refractivity contribution in [1.82, 2.24) is 4.90 Å². The summed E-state index contributed by atoms with van der Waals surface area (Å²) in [5, 5.41) is 0. The van der Waals surface area contributed by atoms with Gasteiger partial charge in [-0.2, -0.15) is 0 Å². The first-order chi connectivity index (χ1) is 7.90. The van der Waals surface area contributed by atoms with Crippen LogP contribution in [0.5, 0.6) is 5.75 Å². The first kappa shape index (κ1) is 13.6. The van der Waals surface area contributed by atoms with E-state index in [9.17, 15) is 13.4 Å². The molecule has 0 atom stereocenters. The third-order valence-corrected chi connectivity index (χ3v) is 2.11. The third kappa shape index (κ3) is 4.15. The highest BCUT2D eigenvalue weighted by molar-refractivity contribution is 6.35. The molecule has 0 aromatic heterocycles.